The monoisotopic (exact) mass is 494 g/mol. The molecule has 0 aliphatic rings. The van der Waals surface area contributed by atoms with Gasteiger partial charge in [-0.1, -0.05) is 130 Å². The summed E-state index contributed by atoms with van der Waals surface area (Å²) in [6.07, 6.45) is 29.0. The molecule has 0 fully saturated rings. The Morgan fingerprint density at radius 1 is 0.486 bits per heavy atom. The summed E-state index contributed by atoms with van der Waals surface area (Å²) in [7, 11) is 0. The molecule has 35 heavy (non-hydrogen) atoms. The van der Waals surface area contributed by atoms with Crippen molar-refractivity contribution < 1.29 is 14.3 Å². The number of esters is 1. The summed E-state index contributed by atoms with van der Waals surface area (Å²) in [6.45, 7) is 7.36. The fraction of sp³-hybridized carbons (Fsp3) is 0.938. The second kappa shape index (κ2) is 27.7. The van der Waals surface area contributed by atoms with Gasteiger partial charge >= 0.3 is 5.97 Å². The Bertz CT molecular complexity index is 460. The Labute approximate surface area is 219 Å². The Hall–Kier alpha value is -0.860. The van der Waals surface area contributed by atoms with Crippen molar-refractivity contribution in [3.8, 4) is 0 Å². The van der Waals surface area contributed by atoms with Gasteiger partial charge in [-0.15, -0.1) is 0 Å². The topological polar surface area (TPSA) is 43.4 Å². The van der Waals surface area contributed by atoms with Crippen LogP contribution in [0.5, 0.6) is 0 Å². The van der Waals surface area contributed by atoms with E-state index >= 15 is 0 Å². The lowest BCUT2D eigenvalue weighted by atomic mass is 9.95. The van der Waals surface area contributed by atoms with E-state index in [9.17, 15) is 9.59 Å². The number of unbranched alkanes of at least 4 members (excludes halogenated alkanes) is 16. The maximum atomic E-state index is 12.2. The third-order valence-electron chi connectivity index (χ3n) is 7.31. The molecule has 0 bridgehead atoms. The van der Waals surface area contributed by atoms with Crippen molar-refractivity contribution in [3.05, 3.63) is 0 Å². The highest BCUT2D eigenvalue weighted by Gasteiger charge is 2.12. The zero-order valence-corrected chi connectivity index (χ0v) is 24.2. The van der Waals surface area contributed by atoms with Gasteiger partial charge in [0.25, 0.3) is 0 Å². The first-order valence-electron chi connectivity index (χ1n) is 15.8. The van der Waals surface area contributed by atoms with Crippen LogP contribution in [-0.2, 0) is 14.3 Å². The van der Waals surface area contributed by atoms with E-state index < -0.39 is 0 Å². The van der Waals surface area contributed by atoms with Gasteiger partial charge in [0.1, 0.15) is 5.78 Å². The van der Waals surface area contributed by atoms with Crippen molar-refractivity contribution in [2.75, 3.05) is 6.61 Å². The zero-order chi connectivity index (χ0) is 25.8. The van der Waals surface area contributed by atoms with Crippen molar-refractivity contribution >= 4 is 11.8 Å². The van der Waals surface area contributed by atoms with Crippen molar-refractivity contribution in [2.45, 2.75) is 181 Å². The van der Waals surface area contributed by atoms with E-state index in [2.05, 4.69) is 20.8 Å². The smallest absolute Gasteiger partial charge is 0.305 e. The van der Waals surface area contributed by atoms with E-state index in [0.29, 0.717) is 24.7 Å². The van der Waals surface area contributed by atoms with E-state index in [1.54, 1.807) is 0 Å². The maximum absolute atomic E-state index is 12.2. The summed E-state index contributed by atoms with van der Waals surface area (Å²) in [5.74, 6) is 1.00. The Morgan fingerprint density at radius 2 is 0.857 bits per heavy atom. The van der Waals surface area contributed by atoms with Crippen LogP contribution in [-0.4, -0.2) is 18.4 Å². The average molecular weight is 495 g/mol. The van der Waals surface area contributed by atoms with Gasteiger partial charge in [0.05, 0.1) is 6.61 Å². The highest BCUT2D eigenvalue weighted by Crippen LogP contribution is 2.20. The van der Waals surface area contributed by atoms with Crippen LogP contribution >= 0.6 is 0 Å². The standard InChI is InChI=1S/C32H62O3/c1-4-7-10-13-16-20-25-30(24-19-11-8-5-2)29-35-32(34)28-23-18-15-14-17-22-27-31(33)26-21-12-9-6-3/h30H,4-29H2,1-3H3. The molecule has 1 atom stereocenters. The van der Waals surface area contributed by atoms with Crippen LogP contribution in [0.2, 0.25) is 0 Å². The second-order valence-electron chi connectivity index (χ2n) is 10.9. The van der Waals surface area contributed by atoms with Crippen molar-refractivity contribution in [1.29, 1.82) is 0 Å². The zero-order valence-electron chi connectivity index (χ0n) is 24.2. The molecule has 0 aliphatic carbocycles. The van der Waals surface area contributed by atoms with Gasteiger partial charge in [-0.3, -0.25) is 9.59 Å². The minimum Gasteiger partial charge on any atom is -0.465 e. The van der Waals surface area contributed by atoms with Gasteiger partial charge in [-0.25, -0.2) is 0 Å². The maximum Gasteiger partial charge on any atom is 0.305 e. The van der Waals surface area contributed by atoms with E-state index in [0.717, 1.165) is 51.4 Å². The number of carbonyl (C=O) groups is 2. The number of Topliss-reactive ketones (excluding diaryl/α,β-unsaturated/α-hetero) is 1. The molecule has 208 valence electrons. The van der Waals surface area contributed by atoms with Crippen LogP contribution in [0.25, 0.3) is 0 Å². The van der Waals surface area contributed by atoms with Crippen LogP contribution in [0.3, 0.4) is 0 Å². The van der Waals surface area contributed by atoms with E-state index in [1.165, 1.54) is 103 Å². The molecule has 0 amide bonds. The first-order valence-corrected chi connectivity index (χ1v) is 15.8. The SMILES string of the molecule is CCCCCCCCC(CCCCCC)COC(=O)CCCCCCCCC(=O)CCCCCC. The summed E-state index contributed by atoms with van der Waals surface area (Å²) in [6, 6.07) is 0. The molecule has 0 saturated heterocycles. The minimum absolute atomic E-state index is 0.000161. The highest BCUT2D eigenvalue weighted by molar-refractivity contribution is 5.78. The quantitative estimate of drug-likeness (QED) is 0.0802. The summed E-state index contributed by atoms with van der Waals surface area (Å²) in [5.41, 5.74) is 0. The van der Waals surface area contributed by atoms with Gasteiger partial charge in [0.15, 0.2) is 0 Å². The lowest BCUT2D eigenvalue weighted by molar-refractivity contribution is -0.145. The molecular formula is C32H62O3. The Morgan fingerprint density at radius 3 is 1.37 bits per heavy atom. The lowest BCUT2D eigenvalue weighted by Crippen LogP contribution is -2.14. The average Bonchev–Trinajstić information content (AvgIpc) is 2.86. The Kier molecular flexibility index (Phi) is 27.0. The fourth-order valence-corrected chi connectivity index (χ4v) is 4.84. The molecule has 0 aromatic carbocycles. The number of hydrogen-bond donors (Lipinski definition) is 0. The number of rotatable bonds is 28. The third kappa shape index (κ3) is 26.0. The van der Waals surface area contributed by atoms with E-state index in [4.69, 9.17) is 4.74 Å². The second-order valence-corrected chi connectivity index (χ2v) is 10.9. The molecule has 0 N–H and O–H groups in total. The first kappa shape index (κ1) is 34.1. The van der Waals surface area contributed by atoms with Crippen molar-refractivity contribution in [2.24, 2.45) is 5.92 Å². The van der Waals surface area contributed by atoms with Crippen molar-refractivity contribution in [3.63, 3.8) is 0 Å². The Balaban J connectivity index is 3.79. The van der Waals surface area contributed by atoms with Gasteiger partial charge < -0.3 is 4.74 Å². The molecule has 1 unspecified atom stereocenters. The lowest BCUT2D eigenvalue weighted by Gasteiger charge is -2.17. The van der Waals surface area contributed by atoms with E-state index in [1.807, 2.05) is 0 Å². The van der Waals surface area contributed by atoms with Crippen LogP contribution in [0, 0.1) is 5.92 Å². The molecule has 3 heteroatoms. The fourth-order valence-electron chi connectivity index (χ4n) is 4.84. The number of carbonyl (C=O) groups excluding carboxylic acids is 2. The van der Waals surface area contributed by atoms with Crippen LogP contribution < -0.4 is 0 Å². The van der Waals surface area contributed by atoms with Crippen LogP contribution in [0.4, 0.5) is 0 Å². The van der Waals surface area contributed by atoms with Crippen molar-refractivity contribution in [1.82, 2.24) is 0 Å². The molecule has 0 aromatic heterocycles. The van der Waals surface area contributed by atoms with Crippen LogP contribution in [0.15, 0.2) is 0 Å². The molecule has 0 aromatic rings. The molecule has 0 saturated carbocycles. The number of hydrogen-bond acceptors (Lipinski definition) is 3. The third-order valence-corrected chi connectivity index (χ3v) is 7.31. The largest absolute Gasteiger partial charge is 0.465 e. The number of ether oxygens (including phenoxy) is 1. The summed E-state index contributed by atoms with van der Waals surface area (Å²) in [5, 5.41) is 0. The van der Waals surface area contributed by atoms with Gasteiger partial charge in [-0.2, -0.15) is 0 Å². The minimum atomic E-state index is 0.000161. The summed E-state index contributed by atoms with van der Waals surface area (Å²) < 4.78 is 5.70. The van der Waals surface area contributed by atoms with Crippen LogP contribution in [0.1, 0.15) is 181 Å². The predicted octanol–water partition coefficient (Wildman–Crippen LogP) is 10.5. The molecule has 0 radical (unpaired) electrons. The molecule has 0 aliphatic heterocycles. The molecule has 3 nitrogen and oxygen atoms in total. The molecule has 0 rings (SSSR count). The van der Waals surface area contributed by atoms with Gasteiger partial charge in [-0.05, 0) is 38.0 Å². The molecule has 0 heterocycles. The summed E-state index contributed by atoms with van der Waals surface area (Å²) in [4.78, 5) is 24.1. The normalized spacial score (nSPS) is 12.1. The highest BCUT2D eigenvalue weighted by atomic mass is 16.5. The number of ketones is 1. The van der Waals surface area contributed by atoms with E-state index in [-0.39, 0.29) is 5.97 Å². The first-order chi connectivity index (χ1) is 17.1. The molecular weight excluding hydrogens is 432 g/mol. The predicted molar refractivity (Wildman–Crippen MR) is 152 cm³/mol. The van der Waals surface area contributed by atoms with Gasteiger partial charge in [0, 0.05) is 19.3 Å². The molecule has 0 spiro atoms. The summed E-state index contributed by atoms with van der Waals surface area (Å²) >= 11 is 0. The van der Waals surface area contributed by atoms with Gasteiger partial charge in [0.2, 0.25) is 0 Å².